The van der Waals surface area contributed by atoms with E-state index in [4.69, 9.17) is 11.6 Å². The van der Waals surface area contributed by atoms with Gasteiger partial charge in [0.2, 0.25) is 0 Å². The molecule has 102 valence electrons. The summed E-state index contributed by atoms with van der Waals surface area (Å²) in [6, 6.07) is 4.63. The third kappa shape index (κ3) is 1.84. The second-order valence-corrected chi connectivity index (χ2v) is 5.71. The zero-order valence-corrected chi connectivity index (χ0v) is 12.0. The fourth-order valence-electron chi connectivity index (χ4n) is 3.24. The summed E-state index contributed by atoms with van der Waals surface area (Å²) in [6.45, 7) is 6.08. The Morgan fingerprint density at radius 3 is 2.95 bits per heavy atom. The van der Waals surface area contributed by atoms with Gasteiger partial charge in [0.15, 0.2) is 0 Å². The van der Waals surface area contributed by atoms with Crippen LogP contribution in [0.5, 0.6) is 0 Å². The number of nitrogens with zero attached hydrogens (tertiary/aromatic N) is 1. The molecule has 4 heteroatoms. The van der Waals surface area contributed by atoms with Gasteiger partial charge in [0.25, 0.3) is 0 Å². The molecule has 2 aliphatic heterocycles. The second kappa shape index (κ2) is 4.73. The van der Waals surface area contributed by atoms with Crippen LogP contribution < -0.4 is 10.2 Å². The molecular weight excluding hydrogens is 260 g/mol. The molecule has 0 radical (unpaired) electrons. The van der Waals surface area contributed by atoms with Gasteiger partial charge in [-0.15, -0.1) is 0 Å². The van der Waals surface area contributed by atoms with Gasteiger partial charge in [-0.05, 0) is 30.7 Å². The highest BCUT2D eigenvalue weighted by molar-refractivity contribution is 6.49. The number of halogens is 1. The summed E-state index contributed by atoms with van der Waals surface area (Å²) in [5.74, 6) is 0.415. The number of anilines is 2. The third-order valence-electron chi connectivity index (χ3n) is 4.36. The SMILES string of the molecule is CC1c2c(ccc3c2C(Cl)=CCN3)N(CCO)C1C. The Hall–Kier alpha value is -1.19. The highest BCUT2D eigenvalue weighted by Gasteiger charge is 2.36. The molecule has 0 fully saturated rings. The summed E-state index contributed by atoms with van der Waals surface area (Å²) in [5.41, 5.74) is 4.79. The molecule has 0 aromatic heterocycles. The van der Waals surface area contributed by atoms with Gasteiger partial charge in [0.05, 0.1) is 6.61 Å². The van der Waals surface area contributed by atoms with Crippen molar-refractivity contribution >= 4 is 28.0 Å². The summed E-state index contributed by atoms with van der Waals surface area (Å²) in [7, 11) is 0. The maximum absolute atomic E-state index is 9.26. The van der Waals surface area contributed by atoms with Crippen molar-refractivity contribution in [2.45, 2.75) is 25.8 Å². The molecular formula is C15H19ClN2O. The average molecular weight is 279 g/mol. The van der Waals surface area contributed by atoms with Crippen molar-refractivity contribution in [3.8, 4) is 0 Å². The van der Waals surface area contributed by atoms with E-state index in [1.165, 1.54) is 11.3 Å². The van der Waals surface area contributed by atoms with Gasteiger partial charge in [-0.1, -0.05) is 18.5 Å². The molecule has 0 spiro atoms. The van der Waals surface area contributed by atoms with E-state index in [1.54, 1.807) is 0 Å². The fourth-order valence-corrected chi connectivity index (χ4v) is 3.52. The highest BCUT2D eigenvalue weighted by Crippen LogP contribution is 2.48. The van der Waals surface area contributed by atoms with E-state index in [1.807, 2.05) is 6.08 Å². The molecule has 2 heterocycles. The molecule has 2 N–H and O–H groups in total. The van der Waals surface area contributed by atoms with E-state index in [9.17, 15) is 5.11 Å². The monoisotopic (exact) mass is 278 g/mol. The van der Waals surface area contributed by atoms with Gasteiger partial charge in [-0.25, -0.2) is 0 Å². The van der Waals surface area contributed by atoms with Crippen LogP contribution in [0.1, 0.15) is 30.9 Å². The zero-order chi connectivity index (χ0) is 13.6. The predicted octanol–water partition coefficient (Wildman–Crippen LogP) is 3.00. The standard InChI is InChI=1S/C15H19ClN2O/c1-9-10(2)18(7-8-19)13-4-3-12-15(14(9)13)11(16)5-6-17-12/h3-5,9-10,17,19H,6-8H2,1-2H3. The maximum Gasteiger partial charge on any atom is 0.0606 e. The van der Waals surface area contributed by atoms with Gasteiger partial charge < -0.3 is 15.3 Å². The van der Waals surface area contributed by atoms with Gasteiger partial charge >= 0.3 is 0 Å². The van der Waals surface area contributed by atoms with Crippen LogP contribution in [-0.4, -0.2) is 30.8 Å². The molecule has 3 nitrogen and oxygen atoms in total. The number of hydrogen-bond donors (Lipinski definition) is 2. The minimum atomic E-state index is 0.176. The van der Waals surface area contributed by atoms with Crippen molar-refractivity contribution in [3.05, 3.63) is 29.3 Å². The molecule has 0 aliphatic carbocycles. The third-order valence-corrected chi connectivity index (χ3v) is 4.70. The Kier molecular flexibility index (Phi) is 3.19. The molecule has 2 unspecified atom stereocenters. The smallest absolute Gasteiger partial charge is 0.0606 e. The van der Waals surface area contributed by atoms with Gasteiger partial charge in [-0.3, -0.25) is 0 Å². The maximum atomic E-state index is 9.26. The minimum absolute atomic E-state index is 0.176. The molecule has 3 rings (SSSR count). The first-order chi connectivity index (χ1) is 9.15. The van der Waals surface area contributed by atoms with E-state index in [2.05, 4.69) is 36.2 Å². The van der Waals surface area contributed by atoms with E-state index < -0.39 is 0 Å². The van der Waals surface area contributed by atoms with Crippen LogP contribution in [-0.2, 0) is 0 Å². The van der Waals surface area contributed by atoms with Gasteiger partial charge in [0, 0.05) is 47.0 Å². The van der Waals surface area contributed by atoms with E-state index in [0.717, 1.165) is 22.8 Å². The largest absolute Gasteiger partial charge is 0.395 e. The second-order valence-electron chi connectivity index (χ2n) is 5.30. The van der Waals surface area contributed by atoms with Crippen molar-refractivity contribution in [1.82, 2.24) is 0 Å². The number of rotatable bonds is 2. The van der Waals surface area contributed by atoms with Crippen LogP contribution >= 0.6 is 11.6 Å². The van der Waals surface area contributed by atoms with Gasteiger partial charge in [0.1, 0.15) is 0 Å². The number of benzene rings is 1. The number of fused-ring (bicyclic) bond motifs is 3. The molecule has 2 aliphatic rings. The number of hydrogen-bond acceptors (Lipinski definition) is 3. The Morgan fingerprint density at radius 1 is 1.42 bits per heavy atom. The number of aliphatic hydroxyl groups excluding tert-OH is 1. The molecule has 1 aromatic rings. The molecule has 2 atom stereocenters. The molecule has 0 amide bonds. The quantitative estimate of drug-likeness (QED) is 0.873. The highest BCUT2D eigenvalue weighted by atomic mass is 35.5. The number of nitrogens with one attached hydrogen (secondary N) is 1. The number of β-amino-alcohol motifs (C(OH)–C–C–N with tert-alkyl or cyclic N) is 1. The van der Waals surface area contributed by atoms with Crippen molar-refractivity contribution in [1.29, 1.82) is 0 Å². The Bertz CT molecular complexity index is 541. The Morgan fingerprint density at radius 2 is 2.21 bits per heavy atom. The summed E-state index contributed by atoms with van der Waals surface area (Å²) in [6.07, 6.45) is 2.02. The molecule has 0 bridgehead atoms. The summed E-state index contributed by atoms with van der Waals surface area (Å²) in [4.78, 5) is 2.28. The van der Waals surface area contributed by atoms with Crippen molar-refractivity contribution in [3.63, 3.8) is 0 Å². The van der Waals surface area contributed by atoms with Crippen LogP contribution in [0.3, 0.4) is 0 Å². The summed E-state index contributed by atoms with van der Waals surface area (Å²) >= 11 is 6.42. The first-order valence-corrected chi connectivity index (χ1v) is 7.17. The molecule has 19 heavy (non-hydrogen) atoms. The Labute approximate surface area is 118 Å². The topological polar surface area (TPSA) is 35.5 Å². The molecule has 1 aromatic carbocycles. The molecule has 0 saturated heterocycles. The zero-order valence-electron chi connectivity index (χ0n) is 11.3. The molecule has 0 saturated carbocycles. The minimum Gasteiger partial charge on any atom is -0.395 e. The van der Waals surface area contributed by atoms with Crippen LogP contribution in [0.15, 0.2) is 18.2 Å². The van der Waals surface area contributed by atoms with Crippen molar-refractivity contribution in [2.24, 2.45) is 0 Å². The van der Waals surface area contributed by atoms with Crippen molar-refractivity contribution < 1.29 is 5.11 Å². The average Bonchev–Trinajstić information content (AvgIpc) is 2.65. The summed E-state index contributed by atoms with van der Waals surface area (Å²) < 4.78 is 0. The Balaban J connectivity index is 2.17. The lowest BCUT2D eigenvalue weighted by atomic mass is 9.91. The number of aliphatic hydroxyl groups is 1. The normalized spacial score (nSPS) is 24.6. The van der Waals surface area contributed by atoms with Crippen LogP contribution in [0, 0.1) is 0 Å². The van der Waals surface area contributed by atoms with E-state index >= 15 is 0 Å². The predicted molar refractivity (Wildman–Crippen MR) is 81.1 cm³/mol. The lowest BCUT2D eigenvalue weighted by Crippen LogP contribution is -2.33. The first-order valence-electron chi connectivity index (χ1n) is 6.79. The van der Waals surface area contributed by atoms with Crippen molar-refractivity contribution in [2.75, 3.05) is 29.9 Å². The van der Waals surface area contributed by atoms with Crippen LogP contribution in [0.25, 0.3) is 5.03 Å². The van der Waals surface area contributed by atoms with E-state index in [-0.39, 0.29) is 6.61 Å². The lowest BCUT2D eigenvalue weighted by Gasteiger charge is -2.25. The van der Waals surface area contributed by atoms with E-state index in [0.29, 0.717) is 18.5 Å². The van der Waals surface area contributed by atoms with Crippen LogP contribution in [0.2, 0.25) is 0 Å². The van der Waals surface area contributed by atoms with Crippen LogP contribution in [0.4, 0.5) is 11.4 Å². The lowest BCUT2D eigenvalue weighted by molar-refractivity contribution is 0.298. The fraction of sp³-hybridized carbons (Fsp3) is 0.467. The summed E-state index contributed by atoms with van der Waals surface area (Å²) in [5, 5.41) is 13.5. The first kappa shape index (κ1) is 12.8. The van der Waals surface area contributed by atoms with Gasteiger partial charge in [-0.2, -0.15) is 0 Å².